The molecule has 1 saturated heterocycles. The second-order valence-corrected chi connectivity index (χ2v) is 7.37. The van der Waals surface area contributed by atoms with Gasteiger partial charge in [0.2, 0.25) is 0 Å². The minimum Gasteiger partial charge on any atom is -0.333 e. The number of urea groups is 1. The number of nitrogens with one attached hydrogen (secondary N) is 2. The van der Waals surface area contributed by atoms with Gasteiger partial charge in [-0.3, -0.25) is 0 Å². The highest BCUT2D eigenvalue weighted by atomic mass is 16.2. The van der Waals surface area contributed by atoms with Gasteiger partial charge in [0, 0.05) is 31.7 Å². The molecule has 4 saturated carbocycles. The first-order chi connectivity index (χ1) is 9.22. The summed E-state index contributed by atoms with van der Waals surface area (Å²) in [4.78, 5) is 14.5. The second kappa shape index (κ2) is 4.37. The van der Waals surface area contributed by atoms with E-state index in [1.807, 2.05) is 4.90 Å². The lowest BCUT2D eigenvalue weighted by atomic mass is 9.53. The molecule has 106 valence electrons. The van der Waals surface area contributed by atoms with Crippen LogP contribution in [-0.2, 0) is 0 Å². The molecule has 4 nitrogen and oxygen atoms in total. The molecule has 0 spiro atoms. The summed E-state index contributed by atoms with van der Waals surface area (Å²) in [6.45, 7) is 3.60. The zero-order valence-corrected chi connectivity index (χ0v) is 11.7. The van der Waals surface area contributed by atoms with Crippen LogP contribution < -0.4 is 10.6 Å². The van der Waals surface area contributed by atoms with E-state index in [0.717, 1.165) is 43.9 Å². The molecule has 4 heteroatoms. The molecule has 5 aliphatic rings. The highest BCUT2D eigenvalue weighted by molar-refractivity contribution is 5.75. The summed E-state index contributed by atoms with van der Waals surface area (Å²) in [6.07, 6.45) is 8.04. The summed E-state index contributed by atoms with van der Waals surface area (Å²) >= 11 is 0. The van der Waals surface area contributed by atoms with E-state index in [0.29, 0.717) is 0 Å². The lowest BCUT2D eigenvalue weighted by Crippen LogP contribution is -2.63. The van der Waals surface area contributed by atoms with Gasteiger partial charge in [-0.05, 0) is 56.3 Å². The summed E-state index contributed by atoms with van der Waals surface area (Å²) < 4.78 is 0. The number of rotatable bonds is 1. The average Bonchev–Trinajstić information content (AvgIpc) is 2.37. The standard InChI is InChI=1S/C15H25N3O/c19-14(18-3-1-16-2-4-18)17-15-8-11-5-12(9-15)7-13(6-11)10-15/h11-13,16H,1-10H2,(H,17,19). The maximum absolute atomic E-state index is 12.5. The smallest absolute Gasteiger partial charge is 0.317 e. The molecule has 0 aromatic heterocycles. The van der Waals surface area contributed by atoms with Crippen molar-refractivity contribution in [2.24, 2.45) is 17.8 Å². The van der Waals surface area contributed by atoms with E-state index in [1.165, 1.54) is 38.5 Å². The molecule has 2 amide bonds. The molecule has 5 rings (SSSR count). The molecule has 4 bridgehead atoms. The zero-order valence-electron chi connectivity index (χ0n) is 11.7. The number of carbonyl (C=O) groups excluding carboxylic acids is 1. The van der Waals surface area contributed by atoms with Gasteiger partial charge in [0.05, 0.1) is 0 Å². The maximum Gasteiger partial charge on any atom is 0.317 e. The van der Waals surface area contributed by atoms with Crippen molar-refractivity contribution in [2.45, 2.75) is 44.1 Å². The maximum atomic E-state index is 12.5. The topological polar surface area (TPSA) is 44.4 Å². The molecule has 0 aromatic carbocycles. The van der Waals surface area contributed by atoms with Crippen LogP contribution in [0.4, 0.5) is 4.79 Å². The number of piperazine rings is 1. The van der Waals surface area contributed by atoms with Crippen LogP contribution in [0, 0.1) is 17.8 Å². The number of amides is 2. The number of nitrogens with zero attached hydrogens (tertiary/aromatic N) is 1. The molecular formula is C15H25N3O. The van der Waals surface area contributed by atoms with Gasteiger partial charge in [0.15, 0.2) is 0 Å². The third-order valence-corrected chi connectivity index (χ3v) is 5.81. The Balaban J connectivity index is 1.45. The third-order valence-electron chi connectivity index (χ3n) is 5.81. The Bertz CT molecular complexity index is 340. The van der Waals surface area contributed by atoms with E-state index in [9.17, 15) is 4.79 Å². The van der Waals surface area contributed by atoms with E-state index in [-0.39, 0.29) is 11.6 Å². The van der Waals surface area contributed by atoms with Crippen molar-refractivity contribution < 1.29 is 4.79 Å². The first-order valence-electron chi connectivity index (χ1n) is 8.00. The Morgan fingerprint density at radius 2 is 1.53 bits per heavy atom. The van der Waals surface area contributed by atoms with Crippen LogP contribution in [0.3, 0.4) is 0 Å². The Morgan fingerprint density at radius 1 is 1.00 bits per heavy atom. The summed E-state index contributed by atoms with van der Waals surface area (Å²) in [6, 6.07) is 0.198. The fourth-order valence-corrected chi connectivity index (χ4v) is 5.44. The summed E-state index contributed by atoms with van der Waals surface area (Å²) in [5, 5.41) is 6.76. The van der Waals surface area contributed by atoms with Gasteiger partial charge < -0.3 is 15.5 Å². The molecule has 19 heavy (non-hydrogen) atoms. The van der Waals surface area contributed by atoms with Crippen molar-refractivity contribution in [1.29, 1.82) is 0 Å². The molecule has 0 atom stereocenters. The van der Waals surface area contributed by atoms with Gasteiger partial charge in [-0.15, -0.1) is 0 Å². The van der Waals surface area contributed by atoms with Crippen LogP contribution in [0.5, 0.6) is 0 Å². The van der Waals surface area contributed by atoms with Crippen LogP contribution in [0.1, 0.15) is 38.5 Å². The Kier molecular flexibility index (Phi) is 2.76. The fraction of sp³-hybridized carbons (Fsp3) is 0.933. The van der Waals surface area contributed by atoms with Crippen LogP contribution in [-0.4, -0.2) is 42.6 Å². The molecule has 0 radical (unpaired) electrons. The molecule has 2 N–H and O–H groups in total. The van der Waals surface area contributed by atoms with Gasteiger partial charge >= 0.3 is 6.03 Å². The van der Waals surface area contributed by atoms with Crippen LogP contribution in [0.25, 0.3) is 0 Å². The molecular weight excluding hydrogens is 238 g/mol. The molecule has 0 unspecified atom stereocenters. The molecule has 5 fully saturated rings. The van der Waals surface area contributed by atoms with E-state index in [1.54, 1.807) is 0 Å². The van der Waals surface area contributed by atoms with Crippen LogP contribution in [0.2, 0.25) is 0 Å². The van der Waals surface area contributed by atoms with E-state index in [4.69, 9.17) is 0 Å². The number of hydrogen-bond donors (Lipinski definition) is 2. The normalized spacial score (nSPS) is 44.4. The first kappa shape index (κ1) is 12.0. The SMILES string of the molecule is O=C(NC12CC3CC(CC(C3)C1)C2)N1CCNCC1. The number of hydrogen-bond acceptors (Lipinski definition) is 2. The zero-order chi connectivity index (χ0) is 12.9. The Hall–Kier alpha value is -0.770. The van der Waals surface area contributed by atoms with Gasteiger partial charge in [-0.25, -0.2) is 4.79 Å². The quantitative estimate of drug-likeness (QED) is 0.754. The first-order valence-corrected chi connectivity index (χ1v) is 8.00. The van der Waals surface area contributed by atoms with Gasteiger partial charge in [-0.2, -0.15) is 0 Å². The van der Waals surface area contributed by atoms with Crippen molar-refractivity contribution in [1.82, 2.24) is 15.5 Å². The summed E-state index contributed by atoms with van der Waals surface area (Å²) in [7, 11) is 0. The highest BCUT2D eigenvalue weighted by Gasteiger charge is 2.51. The fourth-order valence-electron chi connectivity index (χ4n) is 5.44. The van der Waals surface area contributed by atoms with Crippen molar-refractivity contribution >= 4 is 6.03 Å². The van der Waals surface area contributed by atoms with Gasteiger partial charge in [0.25, 0.3) is 0 Å². The lowest BCUT2D eigenvalue weighted by molar-refractivity contribution is -0.0158. The summed E-state index contributed by atoms with van der Waals surface area (Å²) in [5.74, 6) is 2.69. The molecule has 4 aliphatic carbocycles. The predicted octanol–water partition coefficient (Wildman–Crippen LogP) is 1.57. The molecule has 1 aliphatic heterocycles. The average molecular weight is 263 g/mol. The van der Waals surface area contributed by atoms with Crippen LogP contribution in [0.15, 0.2) is 0 Å². The minimum atomic E-state index is 0.163. The Labute approximate surface area is 115 Å². The third kappa shape index (κ3) is 2.14. The largest absolute Gasteiger partial charge is 0.333 e. The predicted molar refractivity (Wildman–Crippen MR) is 73.9 cm³/mol. The summed E-state index contributed by atoms with van der Waals surface area (Å²) in [5.41, 5.74) is 0.163. The Morgan fingerprint density at radius 3 is 2.05 bits per heavy atom. The van der Waals surface area contributed by atoms with Crippen molar-refractivity contribution in [3.63, 3.8) is 0 Å². The molecule has 1 heterocycles. The van der Waals surface area contributed by atoms with Crippen molar-refractivity contribution in [3.05, 3.63) is 0 Å². The lowest BCUT2D eigenvalue weighted by Gasteiger charge is -2.57. The van der Waals surface area contributed by atoms with E-state index in [2.05, 4.69) is 10.6 Å². The van der Waals surface area contributed by atoms with E-state index >= 15 is 0 Å². The van der Waals surface area contributed by atoms with Crippen molar-refractivity contribution in [3.8, 4) is 0 Å². The second-order valence-electron chi connectivity index (χ2n) is 7.37. The molecule has 0 aromatic rings. The van der Waals surface area contributed by atoms with Gasteiger partial charge in [0.1, 0.15) is 0 Å². The minimum absolute atomic E-state index is 0.163. The number of carbonyl (C=O) groups is 1. The van der Waals surface area contributed by atoms with Crippen molar-refractivity contribution in [2.75, 3.05) is 26.2 Å². The van der Waals surface area contributed by atoms with E-state index < -0.39 is 0 Å². The highest BCUT2D eigenvalue weighted by Crippen LogP contribution is 2.55. The monoisotopic (exact) mass is 263 g/mol. The van der Waals surface area contributed by atoms with Crippen LogP contribution >= 0.6 is 0 Å². The van der Waals surface area contributed by atoms with Gasteiger partial charge in [-0.1, -0.05) is 0 Å².